The van der Waals surface area contributed by atoms with Crippen LogP contribution in [0.25, 0.3) is 0 Å². The van der Waals surface area contributed by atoms with Crippen molar-refractivity contribution in [2.75, 3.05) is 13.2 Å². The fourth-order valence-corrected chi connectivity index (χ4v) is 1.09. The first kappa shape index (κ1) is 12.9. The maximum absolute atomic E-state index is 12.6. The van der Waals surface area contributed by atoms with Crippen LogP contribution in [0.4, 0.5) is 8.78 Å². The van der Waals surface area contributed by atoms with E-state index in [1.165, 1.54) is 24.3 Å². The Balaban J connectivity index is 2.56. The van der Waals surface area contributed by atoms with Gasteiger partial charge in [-0.3, -0.25) is 4.79 Å². The summed E-state index contributed by atoms with van der Waals surface area (Å²) in [6, 6.07) is 5.82. The minimum Gasteiger partial charge on any atom is -0.390 e. The summed E-state index contributed by atoms with van der Waals surface area (Å²) in [5, 5.41) is 10.8. The van der Waals surface area contributed by atoms with Crippen LogP contribution in [0.3, 0.4) is 0 Å². The molecule has 0 aliphatic heterocycles. The van der Waals surface area contributed by atoms with E-state index in [0.717, 1.165) is 0 Å². The van der Waals surface area contributed by atoms with Crippen molar-refractivity contribution in [3.05, 3.63) is 34.9 Å². The summed E-state index contributed by atoms with van der Waals surface area (Å²) in [5.74, 6) is -3.94. The molecule has 0 heterocycles. The Labute approximate surface area is 96.0 Å². The van der Waals surface area contributed by atoms with E-state index >= 15 is 0 Å². The Morgan fingerprint density at radius 1 is 1.38 bits per heavy atom. The van der Waals surface area contributed by atoms with Crippen LogP contribution in [0, 0.1) is 0 Å². The molecule has 0 atom stereocenters. The number of carbonyl (C=O) groups is 1. The fraction of sp³-hybridized carbons (Fsp3) is 0.300. The molecule has 0 aromatic heterocycles. The van der Waals surface area contributed by atoms with Crippen molar-refractivity contribution in [1.82, 2.24) is 5.32 Å². The molecule has 1 aromatic rings. The fourth-order valence-electron chi connectivity index (χ4n) is 0.969. The molecule has 1 rings (SSSR count). The van der Waals surface area contributed by atoms with Gasteiger partial charge in [-0.15, -0.1) is 0 Å². The Bertz CT molecular complexity index is 368. The summed E-state index contributed by atoms with van der Waals surface area (Å²) in [4.78, 5) is 11.3. The van der Waals surface area contributed by atoms with E-state index in [2.05, 4.69) is 0 Å². The van der Waals surface area contributed by atoms with Crippen molar-refractivity contribution < 1.29 is 18.7 Å². The molecule has 1 amide bonds. The second kappa shape index (κ2) is 5.23. The number of hydrogen-bond donors (Lipinski definition) is 2. The molecule has 0 aliphatic rings. The van der Waals surface area contributed by atoms with Crippen LogP contribution in [0.2, 0.25) is 5.02 Å². The molecule has 0 aliphatic carbocycles. The number of hydrogen-bond acceptors (Lipinski definition) is 2. The number of halogens is 3. The van der Waals surface area contributed by atoms with E-state index in [1.807, 2.05) is 5.32 Å². The minimum atomic E-state index is -3.30. The molecule has 3 nitrogen and oxygen atoms in total. The first-order valence-electron chi connectivity index (χ1n) is 4.47. The maximum atomic E-state index is 12.6. The quantitative estimate of drug-likeness (QED) is 0.853. The maximum Gasteiger partial charge on any atom is 0.287 e. The van der Waals surface area contributed by atoms with E-state index in [-0.39, 0.29) is 5.56 Å². The topological polar surface area (TPSA) is 49.3 Å². The lowest BCUT2D eigenvalue weighted by atomic mass is 10.2. The molecule has 1 aromatic carbocycles. The first-order valence-corrected chi connectivity index (χ1v) is 4.85. The van der Waals surface area contributed by atoms with E-state index in [0.29, 0.717) is 5.02 Å². The number of benzene rings is 1. The molecule has 88 valence electrons. The molecule has 0 spiro atoms. The summed E-state index contributed by atoms with van der Waals surface area (Å²) in [7, 11) is 0. The van der Waals surface area contributed by atoms with Crippen molar-refractivity contribution >= 4 is 17.5 Å². The number of alkyl halides is 2. The molecule has 2 N–H and O–H groups in total. The summed E-state index contributed by atoms with van der Waals surface area (Å²) in [6.45, 7) is -2.20. The number of nitrogens with one attached hydrogen (secondary N) is 1. The van der Waals surface area contributed by atoms with Gasteiger partial charge in [-0.1, -0.05) is 11.6 Å². The lowest BCUT2D eigenvalue weighted by Crippen LogP contribution is -2.38. The van der Waals surface area contributed by atoms with Gasteiger partial charge in [-0.2, -0.15) is 0 Å². The number of rotatable bonds is 4. The smallest absolute Gasteiger partial charge is 0.287 e. The molecular formula is C10H10ClF2NO2. The van der Waals surface area contributed by atoms with Gasteiger partial charge in [0.25, 0.3) is 11.8 Å². The van der Waals surface area contributed by atoms with Gasteiger partial charge >= 0.3 is 0 Å². The highest BCUT2D eigenvalue weighted by Gasteiger charge is 2.28. The van der Waals surface area contributed by atoms with Crippen molar-refractivity contribution in [3.63, 3.8) is 0 Å². The molecule has 0 bridgehead atoms. The van der Waals surface area contributed by atoms with Crippen molar-refractivity contribution in [2.45, 2.75) is 5.92 Å². The van der Waals surface area contributed by atoms with Gasteiger partial charge in [0.15, 0.2) is 0 Å². The molecular weight excluding hydrogens is 240 g/mol. The molecule has 16 heavy (non-hydrogen) atoms. The second-order valence-corrected chi connectivity index (χ2v) is 3.64. The predicted molar refractivity (Wildman–Crippen MR) is 55.8 cm³/mol. The zero-order valence-electron chi connectivity index (χ0n) is 8.21. The predicted octanol–water partition coefficient (Wildman–Crippen LogP) is 1.70. The molecule has 0 saturated heterocycles. The largest absolute Gasteiger partial charge is 0.390 e. The zero-order chi connectivity index (χ0) is 12.2. The number of aliphatic hydroxyl groups excluding tert-OH is 1. The molecule has 0 fully saturated rings. The number of amides is 1. The minimum absolute atomic E-state index is 0.234. The zero-order valence-corrected chi connectivity index (χ0v) is 8.97. The molecule has 0 saturated carbocycles. The van der Waals surface area contributed by atoms with Crippen molar-refractivity contribution in [3.8, 4) is 0 Å². The van der Waals surface area contributed by atoms with Crippen LogP contribution < -0.4 is 5.32 Å². The highest BCUT2D eigenvalue weighted by atomic mass is 35.5. The molecule has 0 radical (unpaired) electrons. The van der Waals surface area contributed by atoms with Crippen LogP contribution in [0.5, 0.6) is 0 Å². The Kier molecular flexibility index (Phi) is 4.20. The standard InChI is InChI=1S/C10H10ClF2NO2/c11-8-3-1-7(2-4-8)9(16)14-5-10(12,13)6-15/h1-4,15H,5-6H2,(H,14,16). The molecule has 6 heteroatoms. The Morgan fingerprint density at radius 2 is 1.94 bits per heavy atom. The van der Waals surface area contributed by atoms with Crippen molar-refractivity contribution in [1.29, 1.82) is 0 Å². The second-order valence-electron chi connectivity index (χ2n) is 3.20. The van der Waals surface area contributed by atoms with Gasteiger partial charge in [-0.05, 0) is 24.3 Å². The summed E-state index contributed by atoms with van der Waals surface area (Å²) in [5.41, 5.74) is 0.234. The van der Waals surface area contributed by atoms with Crippen LogP contribution in [0.1, 0.15) is 10.4 Å². The van der Waals surface area contributed by atoms with Crippen LogP contribution in [0.15, 0.2) is 24.3 Å². The highest BCUT2D eigenvalue weighted by Crippen LogP contribution is 2.12. The van der Waals surface area contributed by atoms with Gasteiger partial charge in [0.2, 0.25) is 0 Å². The lowest BCUT2D eigenvalue weighted by molar-refractivity contribution is -0.0462. The van der Waals surface area contributed by atoms with E-state index in [4.69, 9.17) is 16.7 Å². The average molecular weight is 250 g/mol. The van der Waals surface area contributed by atoms with Gasteiger partial charge in [0.05, 0.1) is 6.54 Å². The van der Waals surface area contributed by atoms with Gasteiger partial charge in [0, 0.05) is 10.6 Å². The van der Waals surface area contributed by atoms with E-state index < -0.39 is 25.0 Å². The third-order valence-corrected chi connectivity index (χ3v) is 2.10. The third kappa shape index (κ3) is 3.75. The van der Waals surface area contributed by atoms with E-state index in [1.54, 1.807) is 0 Å². The SMILES string of the molecule is O=C(NCC(F)(F)CO)c1ccc(Cl)cc1. The monoisotopic (exact) mass is 249 g/mol. The van der Waals surface area contributed by atoms with Gasteiger partial charge < -0.3 is 10.4 Å². The first-order chi connectivity index (χ1) is 7.44. The summed E-state index contributed by atoms with van der Waals surface area (Å²) < 4.78 is 25.2. The van der Waals surface area contributed by atoms with Crippen LogP contribution >= 0.6 is 11.6 Å². The van der Waals surface area contributed by atoms with Crippen LogP contribution in [-0.4, -0.2) is 30.1 Å². The average Bonchev–Trinajstić information content (AvgIpc) is 2.27. The number of carbonyl (C=O) groups excluding carboxylic acids is 1. The normalized spacial score (nSPS) is 11.2. The van der Waals surface area contributed by atoms with E-state index in [9.17, 15) is 13.6 Å². The summed E-state index contributed by atoms with van der Waals surface area (Å²) >= 11 is 5.60. The van der Waals surface area contributed by atoms with Crippen molar-refractivity contribution in [2.24, 2.45) is 0 Å². The Hall–Kier alpha value is -1.20. The highest BCUT2D eigenvalue weighted by molar-refractivity contribution is 6.30. The molecule has 0 unspecified atom stereocenters. The van der Waals surface area contributed by atoms with Gasteiger partial charge in [0.1, 0.15) is 6.61 Å². The lowest BCUT2D eigenvalue weighted by Gasteiger charge is -2.13. The third-order valence-electron chi connectivity index (χ3n) is 1.85. The summed E-state index contributed by atoms with van der Waals surface area (Å²) in [6.07, 6.45) is 0. The number of aliphatic hydroxyl groups is 1. The Morgan fingerprint density at radius 3 is 2.44 bits per heavy atom. The van der Waals surface area contributed by atoms with Gasteiger partial charge in [-0.25, -0.2) is 8.78 Å². The van der Waals surface area contributed by atoms with Crippen LogP contribution in [-0.2, 0) is 0 Å².